The highest BCUT2D eigenvalue weighted by Gasteiger charge is 2.13. The van der Waals surface area contributed by atoms with Gasteiger partial charge in [-0.2, -0.15) is 5.10 Å². The molecule has 8 nitrogen and oxygen atoms in total. The van der Waals surface area contributed by atoms with E-state index in [9.17, 15) is 4.79 Å². The van der Waals surface area contributed by atoms with Gasteiger partial charge in [-0.15, -0.1) is 0 Å². The average molecular weight is 474 g/mol. The van der Waals surface area contributed by atoms with Crippen LogP contribution in [-0.4, -0.2) is 40.5 Å². The molecule has 8 heteroatoms. The fraction of sp³-hybridized carbons (Fsp3) is 0.107. The van der Waals surface area contributed by atoms with Crippen molar-refractivity contribution in [2.45, 2.75) is 19.8 Å². The molecule has 6 aromatic rings. The Morgan fingerprint density at radius 2 is 1.75 bits per heavy atom. The van der Waals surface area contributed by atoms with E-state index in [0.717, 1.165) is 56.3 Å². The van der Waals surface area contributed by atoms with Gasteiger partial charge >= 0.3 is 0 Å². The summed E-state index contributed by atoms with van der Waals surface area (Å²) >= 11 is 0. The van der Waals surface area contributed by atoms with Crippen LogP contribution in [0, 0.1) is 6.92 Å². The molecule has 2 aromatic carbocycles. The number of rotatable bonds is 7. The number of carbonyl (C=O) groups is 1. The first-order chi connectivity index (χ1) is 17.6. The van der Waals surface area contributed by atoms with E-state index in [2.05, 4.69) is 30.1 Å². The fourth-order valence-electron chi connectivity index (χ4n) is 4.34. The Morgan fingerprint density at radius 1 is 0.917 bits per heavy atom. The second-order valence-electron chi connectivity index (χ2n) is 8.80. The number of Topliss-reactive ketones (excluding diaryl/α,β-unsaturated/α-hetero) is 1. The number of benzene rings is 2. The van der Waals surface area contributed by atoms with E-state index >= 15 is 0 Å². The maximum absolute atomic E-state index is 12.7. The Labute approximate surface area is 207 Å². The quantitative estimate of drug-likeness (QED) is 0.344. The van der Waals surface area contributed by atoms with Gasteiger partial charge in [-0.3, -0.25) is 14.5 Å². The standard InChI is InChI=1S/C28H23N7O/c1-18-15-35(17-31-18)28-24-14-25(32-27(24)29-16-30-28)21-9-7-19(8-10-21)11-23(36)12-22-13-26(34-33-22)20-5-3-2-4-6-20/h2-10,13-17H,11-12H2,1H3,(H,33,34)(H,29,30,32). The molecule has 0 saturated carbocycles. The molecule has 4 heterocycles. The van der Waals surface area contributed by atoms with E-state index in [4.69, 9.17) is 0 Å². The summed E-state index contributed by atoms with van der Waals surface area (Å²) < 4.78 is 1.90. The van der Waals surface area contributed by atoms with Crippen molar-refractivity contribution in [2.24, 2.45) is 0 Å². The minimum Gasteiger partial charge on any atom is -0.339 e. The number of hydrogen-bond acceptors (Lipinski definition) is 5. The molecule has 36 heavy (non-hydrogen) atoms. The molecule has 0 unspecified atom stereocenters. The molecule has 0 aliphatic carbocycles. The molecule has 0 saturated heterocycles. The summed E-state index contributed by atoms with van der Waals surface area (Å²) in [4.78, 5) is 29.2. The third-order valence-electron chi connectivity index (χ3n) is 6.12. The summed E-state index contributed by atoms with van der Waals surface area (Å²) in [7, 11) is 0. The summed E-state index contributed by atoms with van der Waals surface area (Å²) in [6, 6.07) is 21.9. The largest absolute Gasteiger partial charge is 0.339 e. The average Bonchev–Trinajstić information content (AvgIpc) is 3.64. The number of nitrogens with one attached hydrogen (secondary N) is 2. The minimum absolute atomic E-state index is 0.132. The second kappa shape index (κ2) is 9.07. The van der Waals surface area contributed by atoms with Crippen molar-refractivity contribution < 1.29 is 4.79 Å². The normalized spacial score (nSPS) is 11.2. The number of H-pyrrole nitrogens is 2. The highest BCUT2D eigenvalue weighted by Crippen LogP contribution is 2.27. The Morgan fingerprint density at radius 3 is 2.53 bits per heavy atom. The molecular formula is C28H23N7O. The van der Waals surface area contributed by atoms with Gasteiger partial charge in [0, 0.05) is 36.0 Å². The van der Waals surface area contributed by atoms with Gasteiger partial charge in [-0.05, 0) is 30.2 Å². The minimum atomic E-state index is 0.132. The van der Waals surface area contributed by atoms with Crippen molar-refractivity contribution >= 4 is 16.8 Å². The van der Waals surface area contributed by atoms with Gasteiger partial charge in [0.15, 0.2) is 5.82 Å². The first-order valence-corrected chi connectivity index (χ1v) is 11.7. The van der Waals surface area contributed by atoms with Crippen LogP contribution in [0.4, 0.5) is 0 Å². The molecule has 0 spiro atoms. The van der Waals surface area contributed by atoms with Crippen LogP contribution in [0.25, 0.3) is 39.4 Å². The van der Waals surface area contributed by atoms with Gasteiger partial charge in [0.2, 0.25) is 0 Å². The van der Waals surface area contributed by atoms with Crippen LogP contribution in [-0.2, 0) is 17.6 Å². The Kier molecular flexibility index (Phi) is 5.46. The maximum Gasteiger partial charge on any atom is 0.150 e. The Hall–Kier alpha value is -4.85. The molecule has 2 N–H and O–H groups in total. The van der Waals surface area contributed by atoms with Crippen LogP contribution in [0.15, 0.2) is 85.6 Å². The lowest BCUT2D eigenvalue weighted by molar-refractivity contribution is -0.117. The molecule has 0 aliphatic heterocycles. The van der Waals surface area contributed by atoms with Crippen LogP contribution >= 0.6 is 0 Å². The highest BCUT2D eigenvalue weighted by atomic mass is 16.1. The molecule has 0 atom stereocenters. The predicted octanol–water partition coefficient (Wildman–Crippen LogP) is 4.86. The number of nitrogens with zero attached hydrogens (tertiary/aromatic N) is 5. The van der Waals surface area contributed by atoms with E-state index in [1.807, 2.05) is 84.4 Å². The number of fused-ring (bicyclic) bond motifs is 1. The van der Waals surface area contributed by atoms with Crippen molar-refractivity contribution in [1.82, 2.24) is 34.7 Å². The molecule has 0 fully saturated rings. The SMILES string of the molecule is Cc1cn(-c2ncnc3[nH]c(-c4ccc(CC(=O)Cc5cc(-c6ccccc6)n[nH]5)cc4)cc23)cn1. The molecule has 0 amide bonds. The van der Waals surface area contributed by atoms with E-state index in [0.29, 0.717) is 12.8 Å². The number of ketones is 1. The van der Waals surface area contributed by atoms with Crippen LogP contribution in [0.2, 0.25) is 0 Å². The van der Waals surface area contributed by atoms with Gasteiger partial charge in [0.05, 0.1) is 16.8 Å². The molecule has 6 rings (SSSR count). The van der Waals surface area contributed by atoms with Crippen LogP contribution in [0.3, 0.4) is 0 Å². The molecule has 0 radical (unpaired) electrons. The predicted molar refractivity (Wildman–Crippen MR) is 138 cm³/mol. The maximum atomic E-state index is 12.7. The number of aromatic nitrogens is 7. The monoisotopic (exact) mass is 473 g/mol. The lowest BCUT2D eigenvalue weighted by Gasteiger charge is -2.03. The first-order valence-electron chi connectivity index (χ1n) is 11.7. The van der Waals surface area contributed by atoms with Crippen molar-refractivity contribution in [2.75, 3.05) is 0 Å². The summed E-state index contributed by atoms with van der Waals surface area (Å²) in [5.41, 5.74) is 7.29. The third-order valence-corrected chi connectivity index (χ3v) is 6.12. The fourth-order valence-corrected chi connectivity index (χ4v) is 4.34. The molecule has 0 bridgehead atoms. The molecule has 4 aromatic heterocycles. The van der Waals surface area contributed by atoms with Gasteiger partial charge < -0.3 is 4.98 Å². The summed E-state index contributed by atoms with van der Waals surface area (Å²) in [6.45, 7) is 1.95. The zero-order valence-electron chi connectivity index (χ0n) is 19.6. The lowest BCUT2D eigenvalue weighted by atomic mass is 10.0. The molecule has 176 valence electrons. The summed E-state index contributed by atoms with van der Waals surface area (Å²) in [5.74, 6) is 0.909. The van der Waals surface area contributed by atoms with Crippen LogP contribution < -0.4 is 0 Å². The Bertz CT molecular complexity index is 1660. The van der Waals surface area contributed by atoms with Crippen LogP contribution in [0.5, 0.6) is 0 Å². The van der Waals surface area contributed by atoms with Crippen molar-refractivity contribution in [3.8, 4) is 28.3 Å². The van der Waals surface area contributed by atoms with Gasteiger partial charge in [-0.25, -0.2) is 15.0 Å². The van der Waals surface area contributed by atoms with Gasteiger partial charge in [0.1, 0.15) is 24.1 Å². The summed E-state index contributed by atoms with van der Waals surface area (Å²) in [5, 5.41) is 8.25. The van der Waals surface area contributed by atoms with E-state index in [1.165, 1.54) is 0 Å². The van der Waals surface area contributed by atoms with E-state index in [-0.39, 0.29) is 5.78 Å². The number of hydrogen-bond donors (Lipinski definition) is 2. The van der Waals surface area contributed by atoms with Crippen molar-refractivity contribution in [3.63, 3.8) is 0 Å². The highest BCUT2D eigenvalue weighted by molar-refractivity contribution is 5.88. The second-order valence-corrected chi connectivity index (χ2v) is 8.80. The van der Waals surface area contributed by atoms with E-state index in [1.54, 1.807) is 12.7 Å². The lowest BCUT2D eigenvalue weighted by Crippen LogP contribution is -2.06. The Balaban J connectivity index is 1.16. The first kappa shape index (κ1) is 21.7. The van der Waals surface area contributed by atoms with Crippen molar-refractivity contribution in [3.05, 3.63) is 103 Å². The summed E-state index contributed by atoms with van der Waals surface area (Å²) in [6.07, 6.45) is 5.92. The molecule has 0 aliphatic rings. The number of imidazole rings is 1. The van der Waals surface area contributed by atoms with Gasteiger partial charge in [0.25, 0.3) is 0 Å². The molecular weight excluding hydrogens is 450 g/mol. The van der Waals surface area contributed by atoms with Gasteiger partial charge in [-0.1, -0.05) is 54.6 Å². The zero-order valence-corrected chi connectivity index (χ0v) is 19.6. The zero-order chi connectivity index (χ0) is 24.5. The number of aryl methyl sites for hydroxylation is 1. The topological polar surface area (TPSA) is 105 Å². The van der Waals surface area contributed by atoms with Crippen LogP contribution in [0.1, 0.15) is 17.0 Å². The van der Waals surface area contributed by atoms with Crippen molar-refractivity contribution in [1.29, 1.82) is 0 Å². The number of aromatic amines is 2. The third kappa shape index (κ3) is 4.32. The van der Waals surface area contributed by atoms with E-state index < -0.39 is 0 Å². The number of carbonyl (C=O) groups excluding carboxylic acids is 1. The smallest absolute Gasteiger partial charge is 0.150 e.